The van der Waals surface area contributed by atoms with Gasteiger partial charge in [0, 0.05) is 17.7 Å². The van der Waals surface area contributed by atoms with Gasteiger partial charge in [-0.2, -0.15) is 0 Å². The van der Waals surface area contributed by atoms with Gasteiger partial charge in [-0.05, 0) is 115 Å². The molecule has 230 valence electrons. The Labute approximate surface area is 284 Å². The lowest BCUT2D eigenvalue weighted by Crippen LogP contribution is -2.38. The molecular formula is C35H25Br2N3O5S. The fraction of sp³-hybridized carbons (Fsp3) is 0.143. The van der Waals surface area contributed by atoms with Crippen molar-refractivity contribution in [1.82, 2.24) is 4.57 Å². The monoisotopic (exact) mass is 757 g/mol. The number of fused-ring (bicyclic) bond motifs is 3. The standard InChI is InChI=1S/C35H25Br2N3O5S/c1-44-25-7-4-6-23(18-25)32-27-14-11-22-5-2-3-8-26(22)31(27)38-35-39(32)34(41)30(46-35)17-21-15-28(36)33(29(37)16-21)45-19-20-9-12-24(13-10-20)40(42)43/h2-10,12-13,15-18,32H,11,14,19H2,1H3/b30-17+/t32-/m0/s1. The number of benzene rings is 4. The van der Waals surface area contributed by atoms with Crippen molar-refractivity contribution in [2.75, 3.05) is 7.11 Å². The van der Waals surface area contributed by atoms with E-state index in [4.69, 9.17) is 14.5 Å². The Hall–Kier alpha value is -4.32. The van der Waals surface area contributed by atoms with Gasteiger partial charge in [0.15, 0.2) is 4.80 Å². The highest BCUT2D eigenvalue weighted by Crippen LogP contribution is 2.42. The zero-order valence-electron chi connectivity index (χ0n) is 24.4. The van der Waals surface area contributed by atoms with E-state index in [1.807, 2.05) is 53.1 Å². The number of aryl methyl sites for hydroxylation is 1. The fourth-order valence-electron chi connectivity index (χ4n) is 5.96. The molecule has 0 radical (unpaired) electrons. The molecular weight excluding hydrogens is 734 g/mol. The normalized spacial score (nSPS) is 15.5. The number of halogens is 2. The van der Waals surface area contributed by atoms with Crippen molar-refractivity contribution in [3.8, 4) is 11.5 Å². The van der Waals surface area contributed by atoms with Gasteiger partial charge in [-0.25, -0.2) is 4.99 Å². The van der Waals surface area contributed by atoms with E-state index in [0.717, 1.165) is 52.1 Å². The summed E-state index contributed by atoms with van der Waals surface area (Å²) in [6.45, 7) is 0.227. The minimum absolute atomic E-state index is 0.0283. The van der Waals surface area contributed by atoms with Gasteiger partial charge >= 0.3 is 0 Å². The number of rotatable bonds is 7. The maximum Gasteiger partial charge on any atom is 0.271 e. The minimum atomic E-state index is -0.431. The summed E-state index contributed by atoms with van der Waals surface area (Å²) in [7, 11) is 1.65. The third-order valence-corrected chi connectivity index (χ3v) is 10.3. The zero-order chi connectivity index (χ0) is 31.9. The van der Waals surface area contributed by atoms with Crippen LogP contribution < -0.4 is 24.4 Å². The van der Waals surface area contributed by atoms with Gasteiger partial charge in [0.1, 0.15) is 18.1 Å². The maximum atomic E-state index is 14.2. The molecule has 0 fully saturated rings. The van der Waals surface area contributed by atoms with Crippen molar-refractivity contribution in [2.24, 2.45) is 4.99 Å². The Morgan fingerprint density at radius 2 is 1.78 bits per heavy atom. The predicted molar refractivity (Wildman–Crippen MR) is 185 cm³/mol. The van der Waals surface area contributed by atoms with E-state index < -0.39 is 4.92 Å². The lowest BCUT2D eigenvalue weighted by molar-refractivity contribution is -0.384. The average Bonchev–Trinajstić information content (AvgIpc) is 3.37. The summed E-state index contributed by atoms with van der Waals surface area (Å²) in [6, 6.07) is 26.0. The molecule has 0 saturated heterocycles. The summed E-state index contributed by atoms with van der Waals surface area (Å²) >= 11 is 8.62. The number of aromatic nitrogens is 1. The number of hydrogen-bond acceptors (Lipinski definition) is 7. The molecule has 1 aliphatic carbocycles. The predicted octanol–water partition coefficient (Wildman–Crippen LogP) is 7.34. The van der Waals surface area contributed by atoms with Crippen molar-refractivity contribution >= 4 is 60.7 Å². The summed E-state index contributed by atoms with van der Waals surface area (Å²) in [5.74, 6) is 1.32. The van der Waals surface area contributed by atoms with E-state index in [-0.39, 0.29) is 23.9 Å². The van der Waals surface area contributed by atoms with Crippen LogP contribution in [0.1, 0.15) is 40.3 Å². The van der Waals surface area contributed by atoms with E-state index in [9.17, 15) is 14.9 Å². The van der Waals surface area contributed by atoms with Crippen LogP contribution in [0.15, 0.2) is 109 Å². The first-order valence-corrected chi connectivity index (χ1v) is 16.8. The second-order valence-corrected chi connectivity index (χ2v) is 13.6. The Morgan fingerprint density at radius 3 is 2.52 bits per heavy atom. The lowest BCUT2D eigenvalue weighted by Gasteiger charge is -2.31. The van der Waals surface area contributed by atoms with Crippen LogP contribution in [0.25, 0.3) is 11.8 Å². The molecule has 11 heteroatoms. The molecule has 7 rings (SSSR count). The smallest absolute Gasteiger partial charge is 0.271 e. The second-order valence-electron chi connectivity index (χ2n) is 10.9. The van der Waals surface area contributed by atoms with Crippen molar-refractivity contribution in [1.29, 1.82) is 0 Å². The highest BCUT2D eigenvalue weighted by molar-refractivity contribution is 9.11. The van der Waals surface area contributed by atoms with Crippen LogP contribution in [0.4, 0.5) is 5.69 Å². The minimum Gasteiger partial charge on any atom is -0.497 e. The molecule has 46 heavy (non-hydrogen) atoms. The van der Waals surface area contributed by atoms with Crippen LogP contribution >= 0.6 is 43.2 Å². The van der Waals surface area contributed by atoms with Crippen LogP contribution in [0.2, 0.25) is 0 Å². The van der Waals surface area contributed by atoms with Crippen molar-refractivity contribution in [3.05, 3.63) is 157 Å². The topological polar surface area (TPSA) is 96.0 Å². The molecule has 2 aliphatic rings. The molecule has 1 atom stereocenters. The van der Waals surface area contributed by atoms with Gasteiger partial charge in [-0.15, -0.1) is 0 Å². The van der Waals surface area contributed by atoms with E-state index in [0.29, 0.717) is 24.0 Å². The molecule has 0 amide bonds. The molecule has 8 nitrogen and oxygen atoms in total. The van der Waals surface area contributed by atoms with E-state index in [1.54, 1.807) is 19.2 Å². The molecule has 1 aliphatic heterocycles. The maximum absolute atomic E-state index is 14.2. The van der Waals surface area contributed by atoms with E-state index in [1.165, 1.54) is 29.0 Å². The van der Waals surface area contributed by atoms with Crippen molar-refractivity contribution in [3.63, 3.8) is 0 Å². The third-order valence-electron chi connectivity index (χ3n) is 8.13. The number of nitrogens with zero attached hydrogens (tertiary/aromatic N) is 3. The van der Waals surface area contributed by atoms with Crippen LogP contribution in [0, 0.1) is 10.1 Å². The number of non-ortho nitro benzene ring substituents is 1. The second kappa shape index (κ2) is 12.5. The third kappa shape index (κ3) is 5.63. The van der Waals surface area contributed by atoms with Gasteiger partial charge < -0.3 is 9.47 Å². The number of nitro benzene ring substituents is 1. The quantitative estimate of drug-likeness (QED) is 0.128. The first-order chi connectivity index (χ1) is 22.3. The molecule has 0 saturated carbocycles. The number of allylic oxidation sites excluding steroid dienone is 1. The summed E-state index contributed by atoms with van der Waals surface area (Å²) in [4.78, 5) is 30.5. The lowest BCUT2D eigenvalue weighted by atomic mass is 9.83. The molecule has 5 aromatic rings. The summed E-state index contributed by atoms with van der Waals surface area (Å²) in [5.41, 5.74) is 6.96. The average molecular weight is 759 g/mol. The number of ether oxygens (including phenoxy) is 2. The van der Waals surface area contributed by atoms with Crippen molar-refractivity contribution in [2.45, 2.75) is 25.5 Å². The number of nitro groups is 1. The molecule has 2 heterocycles. The number of hydrogen-bond donors (Lipinski definition) is 0. The van der Waals surface area contributed by atoms with E-state index >= 15 is 0 Å². The number of methoxy groups -OCH3 is 1. The van der Waals surface area contributed by atoms with Gasteiger partial charge in [-0.1, -0.05) is 47.7 Å². The molecule has 1 aromatic heterocycles. The summed E-state index contributed by atoms with van der Waals surface area (Å²) in [6.07, 6.45) is 3.57. The van der Waals surface area contributed by atoms with Crippen LogP contribution in [-0.4, -0.2) is 16.6 Å². The van der Waals surface area contributed by atoms with Crippen LogP contribution in [-0.2, 0) is 13.0 Å². The highest BCUT2D eigenvalue weighted by Gasteiger charge is 2.32. The van der Waals surface area contributed by atoms with Gasteiger partial charge in [0.2, 0.25) is 0 Å². The summed E-state index contributed by atoms with van der Waals surface area (Å²) in [5, 5.41) is 11.0. The Morgan fingerprint density at radius 1 is 1.02 bits per heavy atom. The molecule has 0 spiro atoms. The Bertz CT molecular complexity index is 2220. The van der Waals surface area contributed by atoms with Crippen LogP contribution in [0.3, 0.4) is 0 Å². The first kappa shape index (κ1) is 30.3. The number of thiazole rings is 1. The Balaban J connectivity index is 1.28. The van der Waals surface area contributed by atoms with Gasteiger partial charge in [0.05, 0.1) is 37.2 Å². The SMILES string of the molecule is COc1cccc([C@H]2C3=C(N=c4s/c(=C/c5cc(Br)c(OCc6ccc([N+](=O)[O-])cc6)c(Br)c5)c(=O)n42)c2ccccc2CC3)c1. The van der Waals surface area contributed by atoms with Crippen molar-refractivity contribution < 1.29 is 14.4 Å². The summed E-state index contributed by atoms with van der Waals surface area (Å²) < 4.78 is 15.4. The zero-order valence-corrected chi connectivity index (χ0v) is 28.4. The molecule has 0 bridgehead atoms. The largest absolute Gasteiger partial charge is 0.497 e. The van der Waals surface area contributed by atoms with Gasteiger partial charge in [0.25, 0.3) is 11.2 Å². The molecule has 0 N–H and O–H groups in total. The molecule has 4 aromatic carbocycles. The fourth-order valence-corrected chi connectivity index (χ4v) is 8.41. The first-order valence-electron chi connectivity index (χ1n) is 14.4. The van der Waals surface area contributed by atoms with Gasteiger partial charge in [-0.3, -0.25) is 19.5 Å². The van der Waals surface area contributed by atoms with E-state index in [2.05, 4.69) is 50.1 Å². The van der Waals surface area contributed by atoms with Crippen LogP contribution in [0.5, 0.6) is 11.5 Å². The highest BCUT2D eigenvalue weighted by atomic mass is 79.9. The molecule has 0 unspecified atom stereocenters. The Kier molecular flexibility index (Phi) is 8.22.